The molecule has 0 aromatic heterocycles. The Morgan fingerprint density at radius 3 is 3.27 bits per heavy atom. The van der Waals surface area contributed by atoms with Crippen LogP contribution in [-0.4, -0.2) is 18.7 Å². The van der Waals surface area contributed by atoms with Gasteiger partial charge in [0.15, 0.2) is 0 Å². The van der Waals surface area contributed by atoms with Gasteiger partial charge in [0.2, 0.25) is 0 Å². The van der Waals surface area contributed by atoms with Crippen molar-refractivity contribution in [3.8, 4) is 0 Å². The zero-order valence-electron chi connectivity index (χ0n) is 6.16. The summed E-state index contributed by atoms with van der Waals surface area (Å²) in [5.74, 6) is 0.315. The Bertz CT molecular complexity index is 237. The van der Waals surface area contributed by atoms with E-state index in [4.69, 9.17) is 10.4 Å². The molecule has 1 saturated heterocycles. The molecular weight excluding hydrogens is 141 g/mol. The smallest absolute Gasteiger partial charge is 0.423 e. The molecule has 3 N–H and O–H groups in total. The lowest BCUT2D eigenvalue weighted by molar-refractivity contribution is 0.275. The van der Waals surface area contributed by atoms with Gasteiger partial charge in [0, 0.05) is 18.2 Å². The Balaban J connectivity index is 2.36. The highest BCUT2D eigenvalue weighted by molar-refractivity contribution is 6.53. The first-order valence-electron chi connectivity index (χ1n) is 3.75. The number of fused-ring (bicyclic) bond motifs is 1. The highest BCUT2D eigenvalue weighted by Crippen LogP contribution is 2.30. The molecule has 0 saturated carbocycles. The van der Waals surface area contributed by atoms with E-state index in [0.717, 1.165) is 11.9 Å². The van der Waals surface area contributed by atoms with Gasteiger partial charge in [0.25, 0.3) is 0 Å². The molecule has 1 heterocycles. The molecule has 1 aliphatic carbocycles. The van der Waals surface area contributed by atoms with Gasteiger partial charge in [0.1, 0.15) is 0 Å². The number of hydrogen-bond acceptors (Lipinski definition) is 3. The van der Waals surface area contributed by atoms with Crippen molar-refractivity contribution in [1.82, 2.24) is 0 Å². The first-order valence-corrected chi connectivity index (χ1v) is 3.75. The van der Waals surface area contributed by atoms with Crippen LogP contribution < -0.4 is 5.73 Å². The first kappa shape index (κ1) is 6.94. The largest absolute Gasteiger partial charge is 0.489 e. The molecule has 0 bridgehead atoms. The third-order valence-corrected chi connectivity index (χ3v) is 2.21. The van der Waals surface area contributed by atoms with E-state index in [-0.39, 0.29) is 0 Å². The summed E-state index contributed by atoms with van der Waals surface area (Å²) >= 11 is 0. The van der Waals surface area contributed by atoms with Crippen molar-refractivity contribution in [3.63, 3.8) is 0 Å². The molecule has 0 aromatic carbocycles. The maximum Gasteiger partial charge on any atom is 0.489 e. The zero-order valence-corrected chi connectivity index (χ0v) is 6.16. The summed E-state index contributed by atoms with van der Waals surface area (Å²) in [6.45, 7) is 0.599. The molecule has 0 radical (unpaired) electrons. The summed E-state index contributed by atoms with van der Waals surface area (Å²) in [5, 5.41) is 9.30. The molecule has 1 atom stereocenters. The van der Waals surface area contributed by atoms with E-state index in [1.807, 2.05) is 12.2 Å². The van der Waals surface area contributed by atoms with Crippen LogP contribution in [0.25, 0.3) is 0 Å². The molecule has 0 spiro atoms. The van der Waals surface area contributed by atoms with Gasteiger partial charge in [-0.25, -0.2) is 0 Å². The second kappa shape index (κ2) is 2.39. The van der Waals surface area contributed by atoms with E-state index < -0.39 is 7.12 Å². The third kappa shape index (κ3) is 0.986. The quantitative estimate of drug-likeness (QED) is 0.472. The van der Waals surface area contributed by atoms with Gasteiger partial charge in [-0.2, -0.15) is 0 Å². The lowest BCUT2D eigenvalue weighted by atomic mass is 9.71. The van der Waals surface area contributed by atoms with Crippen LogP contribution in [0.2, 0.25) is 0 Å². The normalized spacial score (nSPS) is 29.5. The molecule has 0 amide bonds. The number of hydrogen-bond donors (Lipinski definition) is 2. The minimum atomic E-state index is -0.759. The number of rotatable bonds is 0. The SMILES string of the molecule is NC1=C2B(O)OCC2CC=C1. The molecule has 1 unspecified atom stereocenters. The maximum atomic E-state index is 9.30. The van der Waals surface area contributed by atoms with Crippen molar-refractivity contribution >= 4 is 7.12 Å². The van der Waals surface area contributed by atoms with Gasteiger partial charge in [-0.3, -0.25) is 0 Å². The van der Waals surface area contributed by atoms with Gasteiger partial charge in [-0.05, 0) is 18.0 Å². The predicted octanol–water partition coefficient (Wildman–Crippen LogP) is -0.175. The van der Waals surface area contributed by atoms with E-state index in [1.165, 1.54) is 0 Å². The summed E-state index contributed by atoms with van der Waals surface area (Å²) in [6, 6.07) is 0. The summed E-state index contributed by atoms with van der Waals surface area (Å²) in [6.07, 6.45) is 4.79. The molecule has 1 aliphatic heterocycles. The fourth-order valence-electron chi connectivity index (χ4n) is 1.62. The zero-order chi connectivity index (χ0) is 7.84. The summed E-state index contributed by atoms with van der Waals surface area (Å²) in [5.41, 5.74) is 7.20. The van der Waals surface area contributed by atoms with Crippen molar-refractivity contribution in [2.24, 2.45) is 11.7 Å². The molecule has 3 nitrogen and oxygen atoms in total. The van der Waals surface area contributed by atoms with E-state index >= 15 is 0 Å². The lowest BCUT2D eigenvalue weighted by Crippen LogP contribution is -2.20. The van der Waals surface area contributed by atoms with Crippen molar-refractivity contribution in [3.05, 3.63) is 23.3 Å². The van der Waals surface area contributed by atoms with E-state index in [1.54, 1.807) is 0 Å². The minimum absolute atomic E-state index is 0.315. The Kier molecular flexibility index (Phi) is 1.51. The van der Waals surface area contributed by atoms with Gasteiger partial charge >= 0.3 is 7.12 Å². The standard InChI is InChI=1S/C7H10BNO2/c9-6-3-1-2-5-4-11-8(10)7(5)6/h1,3,5,10H,2,4,9H2. The predicted molar refractivity (Wildman–Crippen MR) is 42.4 cm³/mol. The highest BCUT2D eigenvalue weighted by Gasteiger charge is 2.37. The lowest BCUT2D eigenvalue weighted by Gasteiger charge is -2.13. The van der Waals surface area contributed by atoms with Crippen molar-refractivity contribution in [2.45, 2.75) is 6.42 Å². The fourth-order valence-corrected chi connectivity index (χ4v) is 1.62. The summed E-state index contributed by atoms with van der Waals surface area (Å²) in [7, 11) is -0.759. The van der Waals surface area contributed by atoms with Crippen LogP contribution in [0.1, 0.15) is 6.42 Å². The molecule has 4 heteroatoms. The van der Waals surface area contributed by atoms with Gasteiger partial charge in [0.05, 0.1) is 0 Å². The molecule has 2 rings (SSSR count). The molecule has 58 valence electrons. The highest BCUT2D eigenvalue weighted by atomic mass is 16.5. The van der Waals surface area contributed by atoms with E-state index in [0.29, 0.717) is 18.2 Å². The Morgan fingerprint density at radius 1 is 1.73 bits per heavy atom. The van der Waals surface area contributed by atoms with Crippen LogP contribution in [0.15, 0.2) is 23.3 Å². The Morgan fingerprint density at radius 2 is 2.55 bits per heavy atom. The van der Waals surface area contributed by atoms with Crippen LogP contribution in [0, 0.1) is 5.92 Å². The third-order valence-electron chi connectivity index (χ3n) is 2.21. The Hall–Kier alpha value is -0.735. The van der Waals surface area contributed by atoms with Gasteiger partial charge in [-0.1, -0.05) is 6.08 Å². The van der Waals surface area contributed by atoms with Crippen LogP contribution >= 0.6 is 0 Å². The molecule has 11 heavy (non-hydrogen) atoms. The van der Waals surface area contributed by atoms with Gasteiger partial charge in [-0.15, -0.1) is 0 Å². The molecular formula is C7H10BNO2. The number of allylic oxidation sites excluding steroid dienone is 2. The van der Waals surface area contributed by atoms with Crippen molar-refractivity contribution in [2.75, 3.05) is 6.61 Å². The topological polar surface area (TPSA) is 55.5 Å². The monoisotopic (exact) mass is 151 g/mol. The molecule has 2 aliphatic rings. The second-order valence-corrected chi connectivity index (χ2v) is 2.93. The number of nitrogens with two attached hydrogens (primary N) is 1. The van der Waals surface area contributed by atoms with Crippen LogP contribution in [0.4, 0.5) is 0 Å². The first-order chi connectivity index (χ1) is 5.29. The fraction of sp³-hybridized carbons (Fsp3) is 0.429. The van der Waals surface area contributed by atoms with Gasteiger partial charge < -0.3 is 15.4 Å². The summed E-state index contributed by atoms with van der Waals surface area (Å²) < 4.78 is 5.05. The summed E-state index contributed by atoms with van der Waals surface area (Å²) in [4.78, 5) is 0. The Labute approximate surface area is 65.7 Å². The van der Waals surface area contributed by atoms with Crippen LogP contribution in [0.5, 0.6) is 0 Å². The molecule has 1 fully saturated rings. The average molecular weight is 151 g/mol. The minimum Gasteiger partial charge on any atom is -0.423 e. The molecule has 0 aromatic rings. The maximum absolute atomic E-state index is 9.30. The van der Waals surface area contributed by atoms with E-state index in [9.17, 15) is 5.02 Å². The second-order valence-electron chi connectivity index (χ2n) is 2.93. The van der Waals surface area contributed by atoms with Crippen LogP contribution in [0.3, 0.4) is 0 Å². The van der Waals surface area contributed by atoms with E-state index in [2.05, 4.69) is 0 Å². The van der Waals surface area contributed by atoms with Crippen molar-refractivity contribution < 1.29 is 9.68 Å². The van der Waals surface area contributed by atoms with Crippen molar-refractivity contribution in [1.29, 1.82) is 0 Å². The van der Waals surface area contributed by atoms with Crippen LogP contribution in [-0.2, 0) is 4.65 Å². The average Bonchev–Trinajstić information content (AvgIpc) is 2.34.